The number of rotatable bonds is 18. The molecule has 4 amide bonds. The van der Waals surface area contributed by atoms with E-state index in [4.69, 9.17) is 11.5 Å². The van der Waals surface area contributed by atoms with E-state index in [-0.39, 0.29) is 37.0 Å². The average molecular weight is 607 g/mol. The predicted molar refractivity (Wildman–Crippen MR) is 160 cm³/mol. The lowest BCUT2D eigenvalue weighted by atomic mass is 9.98. The number of carbonyl (C=O) groups is 5. The van der Waals surface area contributed by atoms with Crippen LogP contribution in [0.2, 0.25) is 0 Å². The lowest BCUT2D eigenvalue weighted by molar-refractivity contribution is -0.142. The SMILES string of the molecule is CC[C@H](C)[C@H](N)C(=O)N1CCC[C@H]1C(=O)N[C@@H](CC(C)C)C(=O)N[C@@H](Cc1cnc[nH]1)C(=O)N[C@@H](CCCCN)C(=O)O. The molecular weight excluding hydrogens is 556 g/mol. The van der Waals surface area contributed by atoms with E-state index >= 15 is 0 Å². The Balaban J connectivity index is 2.20. The fourth-order valence-electron chi connectivity index (χ4n) is 5.08. The highest BCUT2D eigenvalue weighted by molar-refractivity contribution is 5.95. The van der Waals surface area contributed by atoms with Gasteiger partial charge in [0.15, 0.2) is 0 Å². The van der Waals surface area contributed by atoms with Gasteiger partial charge in [0.2, 0.25) is 23.6 Å². The Morgan fingerprint density at radius 1 is 1.07 bits per heavy atom. The highest BCUT2D eigenvalue weighted by Crippen LogP contribution is 2.21. The molecule has 0 spiro atoms. The van der Waals surface area contributed by atoms with Crippen LogP contribution in [0.4, 0.5) is 0 Å². The highest BCUT2D eigenvalue weighted by atomic mass is 16.4. The van der Waals surface area contributed by atoms with E-state index in [0.29, 0.717) is 44.5 Å². The number of likely N-dealkylation sites (tertiary alicyclic amines) is 1. The molecule has 0 aliphatic carbocycles. The number of carbonyl (C=O) groups excluding carboxylic acids is 4. The topological polar surface area (TPSA) is 226 Å². The number of unbranched alkanes of at least 4 members (excludes halogenated alkanes) is 1. The summed E-state index contributed by atoms with van der Waals surface area (Å²) in [6, 6.07) is -4.77. The molecule has 1 saturated heterocycles. The highest BCUT2D eigenvalue weighted by Gasteiger charge is 2.39. The van der Waals surface area contributed by atoms with Crippen LogP contribution in [-0.4, -0.2) is 92.9 Å². The van der Waals surface area contributed by atoms with Gasteiger partial charge < -0.3 is 42.4 Å². The van der Waals surface area contributed by atoms with Gasteiger partial charge in [-0.2, -0.15) is 0 Å². The number of aliphatic carboxylic acids is 1. The van der Waals surface area contributed by atoms with Crippen LogP contribution >= 0.6 is 0 Å². The van der Waals surface area contributed by atoms with Crippen molar-refractivity contribution < 1.29 is 29.1 Å². The van der Waals surface area contributed by atoms with E-state index in [9.17, 15) is 29.1 Å². The standard InChI is InChI=1S/C29H50N8O6/c1-5-18(4)24(31)28(41)37-12-8-10-23(37)27(40)36-21(13-17(2)3)25(38)35-22(14-19-15-32-16-33-19)26(39)34-20(29(42)43)9-6-7-11-30/h15-18,20-24H,5-14,30-31H2,1-4H3,(H,32,33)(H,34,39)(H,35,38)(H,36,40)(H,42,43)/t18-,20-,21-,22-,23-,24-/m0/s1. The van der Waals surface area contributed by atoms with Gasteiger partial charge in [0.25, 0.3) is 0 Å². The summed E-state index contributed by atoms with van der Waals surface area (Å²) in [6.45, 7) is 8.45. The first-order valence-electron chi connectivity index (χ1n) is 15.3. The molecule has 0 radical (unpaired) electrons. The molecule has 0 aromatic carbocycles. The molecule has 1 aromatic heterocycles. The van der Waals surface area contributed by atoms with Crippen molar-refractivity contribution in [3.8, 4) is 0 Å². The van der Waals surface area contributed by atoms with Crippen LogP contribution in [0.1, 0.15) is 78.3 Å². The molecule has 2 rings (SSSR count). The lowest BCUT2D eigenvalue weighted by Crippen LogP contribution is -2.59. The zero-order chi connectivity index (χ0) is 32.1. The quantitative estimate of drug-likeness (QED) is 0.112. The summed E-state index contributed by atoms with van der Waals surface area (Å²) in [5, 5.41) is 17.7. The zero-order valence-electron chi connectivity index (χ0n) is 25.8. The number of carboxylic acids is 1. The van der Waals surface area contributed by atoms with E-state index < -0.39 is 53.9 Å². The maximum Gasteiger partial charge on any atom is 0.326 e. The number of aromatic amines is 1. The zero-order valence-corrected chi connectivity index (χ0v) is 25.8. The molecule has 242 valence electrons. The van der Waals surface area contributed by atoms with Crippen molar-refractivity contribution in [1.82, 2.24) is 30.8 Å². The molecule has 14 heteroatoms. The predicted octanol–water partition coefficient (Wildman–Crippen LogP) is 0.0307. The second-order valence-corrected chi connectivity index (χ2v) is 11.8. The molecule has 9 N–H and O–H groups in total. The first-order valence-corrected chi connectivity index (χ1v) is 15.3. The molecule has 1 aromatic rings. The largest absolute Gasteiger partial charge is 0.480 e. The molecule has 43 heavy (non-hydrogen) atoms. The van der Waals surface area contributed by atoms with Crippen molar-refractivity contribution in [2.45, 2.75) is 109 Å². The third kappa shape index (κ3) is 10.9. The van der Waals surface area contributed by atoms with Gasteiger partial charge in [0.05, 0.1) is 12.4 Å². The number of nitrogens with two attached hydrogens (primary N) is 2. The monoisotopic (exact) mass is 606 g/mol. The van der Waals surface area contributed by atoms with E-state index in [1.54, 1.807) is 0 Å². The Labute approximate surface area is 253 Å². The molecule has 6 atom stereocenters. The summed E-state index contributed by atoms with van der Waals surface area (Å²) in [5.74, 6) is -3.24. The van der Waals surface area contributed by atoms with Crippen LogP contribution < -0.4 is 27.4 Å². The minimum atomic E-state index is -1.19. The van der Waals surface area contributed by atoms with Gasteiger partial charge in [-0.05, 0) is 56.9 Å². The summed E-state index contributed by atoms with van der Waals surface area (Å²) < 4.78 is 0. The lowest BCUT2D eigenvalue weighted by Gasteiger charge is -2.30. The Morgan fingerprint density at radius 2 is 1.74 bits per heavy atom. The molecular formula is C29H50N8O6. The number of amides is 4. The van der Waals surface area contributed by atoms with E-state index in [1.807, 2.05) is 27.7 Å². The van der Waals surface area contributed by atoms with E-state index in [0.717, 1.165) is 6.42 Å². The summed E-state index contributed by atoms with van der Waals surface area (Å²) in [4.78, 5) is 73.6. The van der Waals surface area contributed by atoms with E-state index in [1.165, 1.54) is 17.4 Å². The first kappa shape index (κ1) is 35.7. The van der Waals surface area contributed by atoms with Gasteiger partial charge in [-0.1, -0.05) is 34.1 Å². The third-order valence-electron chi connectivity index (χ3n) is 7.89. The molecule has 1 aliphatic rings. The fourth-order valence-corrected chi connectivity index (χ4v) is 5.08. The molecule has 1 fully saturated rings. The average Bonchev–Trinajstić information content (AvgIpc) is 3.67. The van der Waals surface area contributed by atoms with Gasteiger partial charge >= 0.3 is 5.97 Å². The number of aromatic nitrogens is 2. The summed E-state index contributed by atoms with van der Waals surface area (Å²) >= 11 is 0. The summed E-state index contributed by atoms with van der Waals surface area (Å²) in [6.07, 6.45) is 6.36. The number of hydrogen-bond acceptors (Lipinski definition) is 8. The van der Waals surface area contributed by atoms with Gasteiger partial charge in [-0.3, -0.25) is 19.2 Å². The van der Waals surface area contributed by atoms with Crippen molar-refractivity contribution in [2.24, 2.45) is 23.3 Å². The van der Waals surface area contributed by atoms with Crippen LogP contribution in [-0.2, 0) is 30.4 Å². The van der Waals surface area contributed by atoms with Crippen LogP contribution in [0.3, 0.4) is 0 Å². The summed E-state index contributed by atoms with van der Waals surface area (Å²) in [7, 11) is 0. The molecule has 0 bridgehead atoms. The fraction of sp³-hybridized carbons (Fsp3) is 0.724. The number of carboxylic acid groups (broad SMARTS) is 1. The maximum atomic E-state index is 13.6. The second kappa shape index (κ2) is 17.6. The van der Waals surface area contributed by atoms with Gasteiger partial charge in [0, 0.05) is 24.9 Å². The molecule has 1 aliphatic heterocycles. The molecule has 14 nitrogen and oxygen atoms in total. The van der Waals surface area contributed by atoms with Crippen molar-refractivity contribution in [3.63, 3.8) is 0 Å². The molecule has 0 unspecified atom stereocenters. The van der Waals surface area contributed by atoms with Gasteiger partial charge in [-0.15, -0.1) is 0 Å². The Morgan fingerprint density at radius 3 is 2.33 bits per heavy atom. The molecule has 2 heterocycles. The Hall–Kier alpha value is -3.52. The van der Waals surface area contributed by atoms with Crippen LogP contribution in [0.15, 0.2) is 12.5 Å². The first-order chi connectivity index (χ1) is 20.4. The van der Waals surface area contributed by atoms with E-state index in [2.05, 4.69) is 25.9 Å². The maximum absolute atomic E-state index is 13.6. The normalized spacial score (nSPS) is 18.4. The van der Waals surface area contributed by atoms with Crippen LogP contribution in [0, 0.1) is 11.8 Å². The Kier molecular flexibility index (Phi) is 14.6. The third-order valence-corrected chi connectivity index (χ3v) is 7.89. The smallest absolute Gasteiger partial charge is 0.326 e. The van der Waals surface area contributed by atoms with Crippen LogP contribution in [0.5, 0.6) is 0 Å². The number of imidazole rings is 1. The Bertz CT molecular complexity index is 1070. The minimum absolute atomic E-state index is 0.00927. The second-order valence-electron chi connectivity index (χ2n) is 11.8. The number of nitrogens with one attached hydrogen (secondary N) is 4. The van der Waals surface area contributed by atoms with Crippen LogP contribution in [0.25, 0.3) is 0 Å². The number of hydrogen-bond donors (Lipinski definition) is 7. The molecule has 0 saturated carbocycles. The summed E-state index contributed by atoms with van der Waals surface area (Å²) in [5.41, 5.74) is 12.2. The van der Waals surface area contributed by atoms with Gasteiger partial charge in [-0.25, -0.2) is 9.78 Å². The van der Waals surface area contributed by atoms with Crippen molar-refractivity contribution in [2.75, 3.05) is 13.1 Å². The van der Waals surface area contributed by atoms with Crippen molar-refractivity contribution in [3.05, 3.63) is 18.2 Å². The van der Waals surface area contributed by atoms with Crippen molar-refractivity contribution >= 4 is 29.6 Å². The van der Waals surface area contributed by atoms with Gasteiger partial charge in [0.1, 0.15) is 24.2 Å². The number of nitrogens with zero attached hydrogens (tertiary/aromatic N) is 2. The van der Waals surface area contributed by atoms with Crippen molar-refractivity contribution in [1.29, 1.82) is 0 Å². The minimum Gasteiger partial charge on any atom is -0.480 e. The number of H-pyrrole nitrogens is 1.